The first kappa shape index (κ1) is 15.6. The molecule has 22 heavy (non-hydrogen) atoms. The third-order valence-corrected chi connectivity index (χ3v) is 5.61. The van der Waals surface area contributed by atoms with Crippen molar-refractivity contribution in [3.63, 3.8) is 0 Å². The summed E-state index contributed by atoms with van der Waals surface area (Å²) in [5.41, 5.74) is 1.27. The van der Waals surface area contributed by atoms with Crippen molar-refractivity contribution in [3.8, 4) is 0 Å². The second kappa shape index (κ2) is 6.84. The predicted octanol–water partition coefficient (Wildman–Crippen LogP) is 2.96. The van der Waals surface area contributed by atoms with E-state index in [0.29, 0.717) is 18.4 Å². The summed E-state index contributed by atoms with van der Waals surface area (Å²) < 4.78 is 0. The molecule has 1 aromatic rings. The van der Waals surface area contributed by atoms with Crippen molar-refractivity contribution in [2.45, 2.75) is 18.9 Å². The van der Waals surface area contributed by atoms with Crippen LogP contribution in [0.25, 0.3) is 0 Å². The molecule has 0 spiro atoms. The van der Waals surface area contributed by atoms with E-state index >= 15 is 0 Å². The van der Waals surface area contributed by atoms with Crippen LogP contribution in [-0.2, 0) is 0 Å². The molecule has 1 N–H and O–H groups in total. The zero-order chi connectivity index (χ0) is 15.5. The number of rotatable bonds is 4. The maximum absolute atomic E-state index is 12.5. The molecule has 0 unspecified atom stereocenters. The Hall–Kier alpha value is -1.33. The molecule has 1 saturated heterocycles. The van der Waals surface area contributed by atoms with E-state index in [0.717, 1.165) is 25.9 Å². The van der Waals surface area contributed by atoms with Crippen molar-refractivity contribution in [2.24, 2.45) is 11.8 Å². The SMILES string of the molecule is CN(C)[C@@H](CNC(=O)N1C[C@H]2CC=CC[C@H]2C1)c1ccsc1. The summed E-state index contributed by atoms with van der Waals surface area (Å²) in [6.07, 6.45) is 6.79. The number of carbonyl (C=O) groups is 1. The van der Waals surface area contributed by atoms with E-state index in [2.05, 4.69) is 53.3 Å². The number of allylic oxidation sites excluding steroid dienone is 2. The van der Waals surface area contributed by atoms with E-state index in [4.69, 9.17) is 0 Å². The number of hydrogen-bond acceptors (Lipinski definition) is 3. The highest BCUT2D eigenvalue weighted by Gasteiger charge is 2.35. The molecule has 1 aromatic heterocycles. The molecule has 1 fully saturated rings. The van der Waals surface area contributed by atoms with Gasteiger partial charge in [0.1, 0.15) is 0 Å². The molecule has 0 saturated carbocycles. The molecular weight excluding hydrogens is 294 g/mol. The summed E-state index contributed by atoms with van der Waals surface area (Å²) in [6.45, 7) is 2.48. The molecule has 2 aliphatic rings. The van der Waals surface area contributed by atoms with Crippen LogP contribution >= 0.6 is 11.3 Å². The molecule has 2 heterocycles. The summed E-state index contributed by atoms with van der Waals surface area (Å²) >= 11 is 1.70. The summed E-state index contributed by atoms with van der Waals surface area (Å²) in [5, 5.41) is 7.38. The molecule has 0 bridgehead atoms. The summed E-state index contributed by atoms with van der Waals surface area (Å²) in [7, 11) is 4.12. The highest BCUT2D eigenvalue weighted by molar-refractivity contribution is 7.07. The van der Waals surface area contributed by atoms with Gasteiger partial charge in [-0.25, -0.2) is 4.79 Å². The number of nitrogens with one attached hydrogen (secondary N) is 1. The molecule has 0 radical (unpaired) electrons. The highest BCUT2D eigenvalue weighted by atomic mass is 32.1. The second-order valence-corrected chi connectivity index (χ2v) is 7.37. The molecule has 3 rings (SSSR count). The minimum absolute atomic E-state index is 0.0940. The van der Waals surface area contributed by atoms with Crippen LogP contribution in [0.4, 0.5) is 4.79 Å². The maximum atomic E-state index is 12.5. The van der Waals surface area contributed by atoms with Gasteiger partial charge in [0.25, 0.3) is 0 Å². The molecular formula is C17H25N3OS. The van der Waals surface area contributed by atoms with Gasteiger partial charge in [-0.05, 0) is 61.2 Å². The van der Waals surface area contributed by atoms with Crippen molar-refractivity contribution in [1.82, 2.24) is 15.1 Å². The minimum atomic E-state index is 0.0940. The van der Waals surface area contributed by atoms with Crippen LogP contribution in [0.2, 0.25) is 0 Å². The minimum Gasteiger partial charge on any atom is -0.336 e. The third kappa shape index (κ3) is 3.36. The lowest BCUT2D eigenvalue weighted by Crippen LogP contribution is -2.42. The Bertz CT molecular complexity index is 510. The van der Waals surface area contributed by atoms with Gasteiger partial charge in [-0.2, -0.15) is 11.3 Å². The number of hydrogen-bond donors (Lipinski definition) is 1. The van der Waals surface area contributed by atoms with Crippen LogP contribution in [-0.4, -0.2) is 49.6 Å². The average molecular weight is 319 g/mol. The predicted molar refractivity (Wildman–Crippen MR) is 91.1 cm³/mol. The Balaban J connectivity index is 1.54. The molecule has 5 heteroatoms. The van der Waals surface area contributed by atoms with E-state index in [1.165, 1.54) is 5.56 Å². The number of thiophene rings is 1. The van der Waals surface area contributed by atoms with Gasteiger partial charge >= 0.3 is 6.03 Å². The first-order valence-corrected chi connectivity index (χ1v) is 8.95. The van der Waals surface area contributed by atoms with E-state index in [1.807, 2.05) is 4.90 Å². The quantitative estimate of drug-likeness (QED) is 0.866. The standard InChI is InChI=1S/C17H25N3OS/c1-19(2)16(15-7-8-22-12-15)9-18-17(21)20-10-13-5-3-4-6-14(13)11-20/h3-4,7-8,12-14,16H,5-6,9-11H2,1-2H3,(H,18,21)/t13-,14+,16-/m0/s1. The zero-order valence-corrected chi connectivity index (χ0v) is 14.2. The van der Waals surface area contributed by atoms with E-state index in [9.17, 15) is 4.79 Å². The Kier molecular flexibility index (Phi) is 4.84. The zero-order valence-electron chi connectivity index (χ0n) is 13.4. The lowest BCUT2D eigenvalue weighted by molar-refractivity contribution is 0.200. The highest BCUT2D eigenvalue weighted by Crippen LogP contribution is 2.32. The lowest BCUT2D eigenvalue weighted by atomic mass is 9.86. The largest absolute Gasteiger partial charge is 0.336 e. The van der Waals surface area contributed by atoms with Gasteiger partial charge in [0.2, 0.25) is 0 Å². The molecule has 4 nitrogen and oxygen atoms in total. The molecule has 3 atom stereocenters. The lowest BCUT2D eigenvalue weighted by Gasteiger charge is -2.25. The molecule has 120 valence electrons. The molecule has 1 aliphatic carbocycles. The van der Waals surface area contributed by atoms with Crippen LogP contribution in [0.5, 0.6) is 0 Å². The number of urea groups is 1. The number of fused-ring (bicyclic) bond motifs is 1. The van der Waals surface area contributed by atoms with Gasteiger partial charge in [-0.1, -0.05) is 12.2 Å². The Morgan fingerprint density at radius 2 is 2.05 bits per heavy atom. The van der Waals surface area contributed by atoms with Gasteiger partial charge in [0, 0.05) is 19.6 Å². The monoisotopic (exact) mass is 319 g/mol. The van der Waals surface area contributed by atoms with Crippen LogP contribution in [0.1, 0.15) is 24.4 Å². The average Bonchev–Trinajstić information content (AvgIpc) is 3.16. The van der Waals surface area contributed by atoms with Crippen LogP contribution < -0.4 is 5.32 Å². The van der Waals surface area contributed by atoms with E-state index < -0.39 is 0 Å². The van der Waals surface area contributed by atoms with Gasteiger partial charge in [-0.3, -0.25) is 0 Å². The van der Waals surface area contributed by atoms with Gasteiger partial charge < -0.3 is 15.1 Å². The number of carbonyl (C=O) groups excluding carboxylic acids is 1. The number of likely N-dealkylation sites (N-methyl/N-ethyl adjacent to an activating group) is 1. The normalized spacial score (nSPS) is 25.3. The maximum Gasteiger partial charge on any atom is 0.317 e. The smallest absolute Gasteiger partial charge is 0.317 e. The Morgan fingerprint density at radius 3 is 2.59 bits per heavy atom. The number of amides is 2. The van der Waals surface area contributed by atoms with Crippen molar-refractivity contribution in [1.29, 1.82) is 0 Å². The fourth-order valence-corrected chi connectivity index (χ4v) is 4.25. The molecule has 0 aromatic carbocycles. The fourth-order valence-electron chi connectivity index (χ4n) is 3.54. The first-order chi connectivity index (χ1) is 10.6. The number of likely N-dealkylation sites (tertiary alicyclic amines) is 1. The summed E-state index contributed by atoms with van der Waals surface area (Å²) in [5.74, 6) is 1.33. The second-order valence-electron chi connectivity index (χ2n) is 6.59. The first-order valence-electron chi connectivity index (χ1n) is 8.01. The van der Waals surface area contributed by atoms with Crippen molar-refractivity contribution < 1.29 is 4.79 Å². The van der Waals surface area contributed by atoms with Crippen molar-refractivity contribution in [2.75, 3.05) is 33.7 Å². The number of nitrogens with zero attached hydrogens (tertiary/aromatic N) is 2. The van der Waals surface area contributed by atoms with Gasteiger partial charge in [0.15, 0.2) is 0 Å². The Labute approximate surface area is 136 Å². The molecule has 1 aliphatic heterocycles. The molecule has 2 amide bonds. The van der Waals surface area contributed by atoms with Crippen LogP contribution in [0, 0.1) is 11.8 Å². The summed E-state index contributed by atoms with van der Waals surface area (Å²) in [6, 6.07) is 2.47. The van der Waals surface area contributed by atoms with Crippen LogP contribution in [0.15, 0.2) is 29.0 Å². The van der Waals surface area contributed by atoms with E-state index in [1.54, 1.807) is 11.3 Å². The van der Waals surface area contributed by atoms with Crippen LogP contribution in [0.3, 0.4) is 0 Å². The van der Waals surface area contributed by atoms with Gasteiger partial charge in [0.05, 0.1) is 6.04 Å². The van der Waals surface area contributed by atoms with Gasteiger partial charge in [-0.15, -0.1) is 0 Å². The third-order valence-electron chi connectivity index (χ3n) is 4.91. The topological polar surface area (TPSA) is 35.6 Å². The summed E-state index contributed by atoms with van der Waals surface area (Å²) in [4.78, 5) is 16.6. The Morgan fingerprint density at radius 1 is 1.36 bits per heavy atom. The van der Waals surface area contributed by atoms with Crippen molar-refractivity contribution >= 4 is 17.4 Å². The van der Waals surface area contributed by atoms with E-state index in [-0.39, 0.29) is 12.1 Å². The van der Waals surface area contributed by atoms with Crippen molar-refractivity contribution in [3.05, 3.63) is 34.5 Å². The fraction of sp³-hybridized carbons (Fsp3) is 0.588.